The molecule has 0 aliphatic heterocycles. The second-order valence-corrected chi connectivity index (χ2v) is 8.11. The molecule has 27 heavy (non-hydrogen) atoms. The van der Waals surface area contributed by atoms with Crippen LogP contribution in [0.5, 0.6) is 0 Å². The number of hydrogen-bond donors (Lipinski definition) is 2. The Balaban J connectivity index is 1.87. The molecule has 1 saturated carbocycles. The number of aliphatic hydroxyl groups is 1. The molecule has 2 N–H and O–H groups in total. The predicted molar refractivity (Wildman–Crippen MR) is 105 cm³/mol. The van der Waals surface area contributed by atoms with Gasteiger partial charge in [-0.3, -0.25) is 14.4 Å². The molecule has 1 aromatic heterocycles. The number of amides is 1. The fourth-order valence-electron chi connectivity index (χ4n) is 3.06. The summed E-state index contributed by atoms with van der Waals surface area (Å²) in [6, 6.07) is -0.141. The Morgan fingerprint density at radius 2 is 2.22 bits per heavy atom. The molecule has 2 rings (SSSR count). The van der Waals surface area contributed by atoms with Crippen LogP contribution in [-0.2, 0) is 14.4 Å². The van der Waals surface area contributed by atoms with Crippen molar-refractivity contribution >= 4 is 34.9 Å². The van der Waals surface area contributed by atoms with Crippen molar-refractivity contribution < 1.29 is 19.5 Å². The van der Waals surface area contributed by atoms with Crippen LogP contribution in [0.15, 0.2) is 23.6 Å². The van der Waals surface area contributed by atoms with Crippen LogP contribution in [0.25, 0.3) is 6.08 Å². The minimum absolute atomic E-state index is 0.102. The smallest absolute Gasteiger partial charge is 0.217 e. The Morgan fingerprint density at radius 1 is 1.48 bits per heavy atom. The number of nitrogens with one attached hydrogen (secondary N) is 1. The van der Waals surface area contributed by atoms with Crippen LogP contribution in [0.4, 0.5) is 0 Å². The molecular formula is C20H26N2O4S. The summed E-state index contributed by atoms with van der Waals surface area (Å²) in [6.45, 7) is 5.04. The molecule has 7 heteroatoms. The molecule has 1 heterocycles. The van der Waals surface area contributed by atoms with E-state index in [1.54, 1.807) is 25.2 Å². The number of nitrogens with zero attached hydrogens (tertiary/aromatic N) is 1. The van der Waals surface area contributed by atoms with Crippen molar-refractivity contribution in [3.8, 4) is 0 Å². The first-order valence-electron chi connectivity index (χ1n) is 9.01. The molecule has 146 valence electrons. The molecule has 0 radical (unpaired) electrons. The summed E-state index contributed by atoms with van der Waals surface area (Å²) >= 11 is 1.46. The molecule has 1 amide bonds. The van der Waals surface area contributed by atoms with E-state index in [0.29, 0.717) is 12.8 Å². The predicted octanol–water partition coefficient (Wildman–Crippen LogP) is 2.99. The van der Waals surface area contributed by atoms with Gasteiger partial charge in [0, 0.05) is 37.5 Å². The SMILES string of the molecule is CC(=O)N[C@H](C)c1nc(C=CC=CC(=O)C[C@H]2CC(=O)CC[C@]2(C)O)cs1. The maximum absolute atomic E-state index is 12.1. The van der Waals surface area contributed by atoms with Crippen LogP contribution in [0.3, 0.4) is 0 Å². The number of rotatable bonds is 7. The van der Waals surface area contributed by atoms with E-state index in [-0.39, 0.29) is 42.3 Å². The van der Waals surface area contributed by atoms with E-state index in [1.807, 2.05) is 12.3 Å². The molecule has 6 nitrogen and oxygen atoms in total. The molecule has 0 saturated heterocycles. The first kappa shape index (κ1) is 21.2. The molecule has 0 bridgehead atoms. The average Bonchev–Trinajstić information content (AvgIpc) is 3.04. The largest absolute Gasteiger partial charge is 0.390 e. The lowest BCUT2D eigenvalue weighted by molar-refractivity contribution is -0.132. The lowest BCUT2D eigenvalue weighted by atomic mass is 9.74. The molecule has 1 fully saturated rings. The second-order valence-electron chi connectivity index (χ2n) is 7.22. The summed E-state index contributed by atoms with van der Waals surface area (Å²) in [5.41, 5.74) is -0.209. The number of allylic oxidation sites excluding steroid dienone is 3. The number of thiazole rings is 1. The number of carbonyl (C=O) groups excluding carboxylic acids is 3. The van der Waals surface area contributed by atoms with Gasteiger partial charge in [-0.05, 0) is 32.4 Å². The van der Waals surface area contributed by atoms with Gasteiger partial charge >= 0.3 is 0 Å². The van der Waals surface area contributed by atoms with Crippen molar-refractivity contribution in [2.24, 2.45) is 5.92 Å². The maximum atomic E-state index is 12.1. The highest BCUT2D eigenvalue weighted by molar-refractivity contribution is 7.09. The highest BCUT2D eigenvalue weighted by atomic mass is 32.1. The van der Waals surface area contributed by atoms with Gasteiger partial charge < -0.3 is 10.4 Å². The summed E-state index contributed by atoms with van der Waals surface area (Å²) in [7, 11) is 0. The Morgan fingerprint density at radius 3 is 2.93 bits per heavy atom. The van der Waals surface area contributed by atoms with Gasteiger partial charge in [0.1, 0.15) is 10.8 Å². The maximum Gasteiger partial charge on any atom is 0.217 e. The number of hydrogen-bond acceptors (Lipinski definition) is 6. The van der Waals surface area contributed by atoms with Crippen LogP contribution in [-0.4, -0.2) is 33.2 Å². The first-order chi connectivity index (χ1) is 12.7. The highest BCUT2D eigenvalue weighted by Gasteiger charge is 2.38. The van der Waals surface area contributed by atoms with Crippen LogP contribution >= 0.6 is 11.3 Å². The van der Waals surface area contributed by atoms with Crippen molar-refractivity contribution in [3.63, 3.8) is 0 Å². The summed E-state index contributed by atoms with van der Waals surface area (Å²) in [4.78, 5) is 39.2. The third-order valence-electron chi connectivity index (χ3n) is 4.70. The van der Waals surface area contributed by atoms with Gasteiger partial charge in [0.15, 0.2) is 5.78 Å². The van der Waals surface area contributed by atoms with E-state index in [1.165, 1.54) is 24.3 Å². The van der Waals surface area contributed by atoms with E-state index in [4.69, 9.17) is 0 Å². The molecule has 1 aliphatic carbocycles. The van der Waals surface area contributed by atoms with Gasteiger partial charge in [-0.25, -0.2) is 4.98 Å². The normalized spacial score (nSPS) is 24.4. The zero-order chi connectivity index (χ0) is 20.0. The van der Waals surface area contributed by atoms with E-state index in [0.717, 1.165) is 10.7 Å². The van der Waals surface area contributed by atoms with Crippen LogP contribution in [0, 0.1) is 5.92 Å². The van der Waals surface area contributed by atoms with Crippen molar-refractivity contribution in [1.29, 1.82) is 0 Å². The van der Waals surface area contributed by atoms with Crippen molar-refractivity contribution in [3.05, 3.63) is 34.3 Å². The van der Waals surface area contributed by atoms with Gasteiger partial charge in [0.05, 0.1) is 17.3 Å². The van der Waals surface area contributed by atoms with Crippen molar-refractivity contribution in [2.75, 3.05) is 0 Å². The minimum atomic E-state index is -0.963. The van der Waals surface area contributed by atoms with Gasteiger partial charge in [-0.15, -0.1) is 11.3 Å². The standard InChI is InChI=1S/C20H26N2O4S/c1-13(21-14(2)23)19-22-16(12-27-19)6-4-5-7-17(24)10-15-11-18(25)8-9-20(15,3)26/h4-7,12-13,15,26H,8-11H2,1-3H3,(H,21,23)/t13-,15+,20+/m1/s1. The number of ketones is 2. The lowest BCUT2D eigenvalue weighted by Crippen LogP contribution is -2.41. The molecule has 3 atom stereocenters. The Labute approximate surface area is 163 Å². The summed E-state index contributed by atoms with van der Waals surface area (Å²) in [5, 5.41) is 15.8. The average molecular weight is 391 g/mol. The molecule has 0 spiro atoms. The highest BCUT2D eigenvalue weighted by Crippen LogP contribution is 2.34. The summed E-state index contributed by atoms with van der Waals surface area (Å²) < 4.78 is 0. The molecule has 0 aromatic carbocycles. The second kappa shape index (κ2) is 9.19. The monoisotopic (exact) mass is 390 g/mol. The van der Waals surface area contributed by atoms with Crippen LogP contribution in [0.1, 0.15) is 63.2 Å². The fourth-order valence-corrected chi connectivity index (χ4v) is 3.85. The minimum Gasteiger partial charge on any atom is -0.390 e. The molecule has 1 aromatic rings. The van der Waals surface area contributed by atoms with E-state index in [2.05, 4.69) is 10.3 Å². The third kappa shape index (κ3) is 6.52. The zero-order valence-corrected chi connectivity index (χ0v) is 16.7. The number of aromatic nitrogens is 1. The van der Waals surface area contributed by atoms with Crippen molar-refractivity contribution in [1.82, 2.24) is 10.3 Å². The first-order valence-corrected chi connectivity index (χ1v) is 9.89. The van der Waals surface area contributed by atoms with Crippen LogP contribution < -0.4 is 5.32 Å². The van der Waals surface area contributed by atoms with Gasteiger partial charge in [-0.1, -0.05) is 12.2 Å². The van der Waals surface area contributed by atoms with E-state index in [9.17, 15) is 19.5 Å². The summed E-state index contributed by atoms with van der Waals surface area (Å²) in [5.74, 6) is -0.431. The Kier molecular flexibility index (Phi) is 7.21. The zero-order valence-electron chi connectivity index (χ0n) is 15.9. The lowest BCUT2D eigenvalue weighted by Gasteiger charge is -2.35. The summed E-state index contributed by atoms with van der Waals surface area (Å²) in [6.07, 6.45) is 7.82. The Bertz CT molecular complexity index is 764. The molecular weight excluding hydrogens is 364 g/mol. The quantitative estimate of drug-likeness (QED) is 0.551. The van der Waals surface area contributed by atoms with Crippen molar-refractivity contribution in [2.45, 2.75) is 58.1 Å². The fraction of sp³-hybridized carbons (Fsp3) is 0.500. The van der Waals surface area contributed by atoms with E-state index < -0.39 is 5.60 Å². The Hall–Kier alpha value is -2.12. The molecule has 1 aliphatic rings. The van der Waals surface area contributed by atoms with Gasteiger partial charge in [0.2, 0.25) is 5.91 Å². The molecule has 0 unspecified atom stereocenters. The van der Waals surface area contributed by atoms with Crippen LogP contribution in [0.2, 0.25) is 0 Å². The van der Waals surface area contributed by atoms with E-state index >= 15 is 0 Å². The topological polar surface area (TPSA) is 96.4 Å². The number of Topliss-reactive ketones (excluding diaryl/α,β-unsaturated/α-hetero) is 1. The third-order valence-corrected chi connectivity index (χ3v) is 5.75. The van der Waals surface area contributed by atoms with Gasteiger partial charge in [0.25, 0.3) is 0 Å². The number of carbonyl (C=O) groups is 3. The van der Waals surface area contributed by atoms with Gasteiger partial charge in [-0.2, -0.15) is 0 Å².